The molecule has 0 aliphatic carbocycles. The summed E-state index contributed by atoms with van der Waals surface area (Å²) in [5, 5.41) is 3.74. The number of benzene rings is 2. The lowest BCUT2D eigenvalue weighted by Crippen LogP contribution is -2.37. The SMILES string of the molecule is Brc1ccc(CNC2CCOc3ccccc32)c(N2CCOCC2)c1. The molecule has 2 aliphatic rings. The Hall–Kier alpha value is -1.56. The van der Waals surface area contributed by atoms with Crippen molar-refractivity contribution < 1.29 is 9.47 Å². The number of fused-ring (bicyclic) bond motifs is 1. The highest BCUT2D eigenvalue weighted by molar-refractivity contribution is 9.10. The molecule has 1 atom stereocenters. The zero-order valence-electron chi connectivity index (χ0n) is 14.2. The molecule has 0 radical (unpaired) electrons. The van der Waals surface area contributed by atoms with E-state index in [0.29, 0.717) is 6.04 Å². The zero-order valence-corrected chi connectivity index (χ0v) is 15.8. The van der Waals surface area contributed by atoms with Crippen molar-refractivity contribution in [3.8, 4) is 5.75 Å². The third kappa shape index (κ3) is 3.84. The first-order valence-corrected chi connectivity index (χ1v) is 9.67. The van der Waals surface area contributed by atoms with Crippen molar-refractivity contribution in [2.75, 3.05) is 37.8 Å². The summed E-state index contributed by atoms with van der Waals surface area (Å²) in [6, 6.07) is 15.2. The molecule has 0 amide bonds. The van der Waals surface area contributed by atoms with Crippen LogP contribution in [0.5, 0.6) is 5.75 Å². The minimum absolute atomic E-state index is 0.339. The maximum atomic E-state index is 5.77. The van der Waals surface area contributed by atoms with Crippen LogP contribution in [0.15, 0.2) is 46.9 Å². The van der Waals surface area contributed by atoms with E-state index in [1.54, 1.807) is 0 Å². The third-order valence-corrected chi connectivity index (χ3v) is 5.39. The van der Waals surface area contributed by atoms with Crippen LogP contribution in [0.1, 0.15) is 23.6 Å². The molecule has 4 nitrogen and oxygen atoms in total. The van der Waals surface area contributed by atoms with Crippen LogP contribution < -0.4 is 15.0 Å². The molecule has 1 saturated heterocycles. The highest BCUT2D eigenvalue weighted by atomic mass is 79.9. The van der Waals surface area contributed by atoms with E-state index in [4.69, 9.17) is 9.47 Å². The minimum atomic E-state index is 0.339. The molecule has 1 unspecified atom stereocenters. The molecule has 2 aromatic rings. The average Bonchev–Trinajstić information content (AvgIpc) is 2.67. The number of nitrogens with zero attached hydrogens (tertiary/aromatic N) is 1. The molecule has 0 aromatic heterocycles. The Bertz CT molecular complexity index is 731. The highest BCUT2D eigenvalue weighted by Crippen LogP contribution is 2.32. The number of nitrogens with one attached hydrogen (secondary N) is 1. The predicted octanol–water partition coefficient (Wildman–Crippen LogP) is 3.90. The van der Waals surface area contributed by atoms with Gasteiger partial charge in [-0.25, -0.2) is 0 Å². The molecule has 4 rings (SSSR count). The fraction of sp³-hybridized carbons (Fsp3) is 0.400. The van der Waals surface area contributed by atoms with Gasteiger partial charge in [0.05, 0.1) is 19.8 Å². The van der Waals surface area contributed by atoms with E-state index in [-0.39, 0.29) is 0 Å². The molecule has 1 fully saturated rings. The van der Waals surface area contributed by atoms with Crippen LogP contribution in [-0.2, 0) is 11.3 Å². The van der Waals surface area contributed by atoms with E-state index in [1.807, 2.05) is 6.07 Å². The molecule has 132 valence electrons. The van der Waals surface area contributed by atoms with Crippen molar-refractivity contribution in [2.24, 2.45) is 0 Å². The smallest absolute Gasteiger partial charge is 0.124 e. The second-order valence-corrected chi connectivity index (χ2v) is 7.40. The van der Waals surface area contributed by atoms with Gasteiger partial charge in [-0.05, 0) is 23.8 Å². The minimum Gasteiger partial charge on any atom is -0.493 e. The van der Waals surface area contributed by atoms with Gasteiger partial charge in [0.15, 0.2) is 0 Å². The van der Waals surface area contributed by atoms with E-state index < -0.39 is 0 Å². The first-order chi connectivity index (χ1) is 12.3. The molecule has 0 spiro atoms. The van der Waals surface area contributed by atoms with Gasteiger partial charge in [-0.1, -0.05) is 40.2 Å². The lowest BCUT2D eigenvalue weighted by molar-refractivity contribution is 0.122. The van der Waals surface area contributed by atoms with Gasteiger partial charge >= 0.3 is 0 Å². The predicted molar refractivity (Wildman–Crippen MR) is 103 cm³/mol. The number of hydrogen-bond donors (Lipinski definition) is 1. The first-order valence-electron chi connectivity index (χ1n) is 8.87. The van der Waals surface area contributed by atoms with E-state index >= 15 is 0 Å². The molecule has 25 heavy (non-hydrogen) atoms. The van der Waals surface area contributed by atoms with Gasteiger partial charge in [0, 0.05) is 47.8 Å². The summed E-state index contributed by atoms with van der Waals surface area (Å²) < 4.78 is 12.4. The first kappa shape index (κ1) is 16.9. The summed E-state index contributed by atoms with van der Waals surface area (Å²) >= 11 is 3.62. The number of anilines is 1. The number of ether oxygens (including phenoxy) is 2. The Morgan fingerprint density at radius 3 is 2.80 bits per heavy atom. The Morgan fingerprint density at radius 2 is 1.92 bits per heavy atom. The van der Waals surface area contributed by atoms with Crippen molar-refractivity contribution in [3.05, 3.63) is 58.1 Å². The molecule has 0 bridgehead atoms. The van der Waals surface area contributed by atoms with Gasteiger partial charge in [-0.3, -0.25) is 0 Å². The van der Waals surface area contributed by atoms with Gasteiger partial charge in [-0.15, -0.1) is 0 Å². The lowest BCUT2D eigenvalue weighted by Gasteiger charge is -2.32. The topological polar surface area (TPSA) is 33.7 Å². The summed E-state index contributed by atoms with van der Waals surface area (Å²) in [6.45, 7) is 5.11. The fourth-order valence-corrected chi connectivity index (χ4v) is 3.92. The van der Waals surface area contributed by atoms with Crippen molar-refractivity contribution in [3.63, 3.8) is 0 Å². The zero-order chi connectivity index (χ0) is 17.1. The summed E-state index contributed by atoms with van der Waals surface area (Å²) in [5.74, 6) is 1.01. The molecule has 1 N–H and O–H groups in total. The second-order valence-electron chi connectivity index (χ2n) is 6.48. The fourth-order valence-electron chi connectivity index (χ4n) is 3.57. The molecule has 0 saturated carbocycles. The second kappa shape index (κ2) is 7.77. The maximum absolute atomic E-state index is 5.77. The van der Waals surface area contributed by atoms with Crippen LogP contribution in [0, 0.1) is 0 Å². The summed E-state index contributed by atoms with van der Waals surface area (Å²) in [7, 11) is 0. The summed E-state index contributed by atoms with van der Waals surface area (Å²) in [6.07, 6.45) is 1.00. The number of halogens is 1. The highest BCUT2D eigenvalue weighted by Gasteiger charge is 2.21. The third-order valence-electron chi connectivity index (χ3n) is 4.90. The number of para-hydroxylation sites is 1. The summed E-state index contributed by atoms with van der Waals surface area (Å²) in [5.41, 5.74) is 3.89. The van der Waals surface area contributed by atoms with E-state index in [9.17, 15) is 0 Å². The van der Waals surface area contributed by atoms with Crippen molar-refractivity contribution in [2.45, 2.75) is 19.0 Å². The molecule has 2 heterocycles. The molecular weight excluding hydrogens is 380 g/mol. The number of rotatable bonds is 4. The van der Waals surface area contributed by atoms with E-state index in [1.165, 1.54) is 16.8 Å². The van der Waals surface area contributed by atoms with E-state index in [2.05, 4.69) is 62.5 Å². The standard InChI is InChI=1S/C20H23BrN2O2/c21-16-6-5-15(19(13-16)23-8-11-24-12-9-23)14-22-18-7-10-25-20-4-2-1-3-17(18)20/h1-6,13,18,22H,7-12,14H2. The molecule has 2 aromatic carbocycles. The molecule has 2 aliphatic heterocycles. The van der Waals surface area contributed by atoms with Crippen LogP contribution in [0.3, 0.4) is 0 Å². The Morgan fingerprint density at radius 1 is 1.08 bits per heavy atom. The van der Waals surface area contributed by atoms with Crippen LogP contribution in [0.4, 0.5) is 5.69 Å². The largest absolute Gasteiger partial charge is 0.493 e. The van der Waals surface area contributed by atoms with Gasteiger partial charge in [0.2, 0.25) is 0 Å². The molecule has 5 heteroatoms. The van der Waals surface area contributed by atoms with Gasteiger partial charge in [0.1, 0.15) is 5.75 Å². The van der Waals surface area contributed by atoms with Crippen molar-refractivity contribution >= 4 is 21.6 Å². The normalized spacial score (nSPS) is 20.0. The van der Waals surface area contributed by atoms with Gasteiger partial charge in [-0.2, -0.15) is 0 Å². The number of hydrogen-bond acceptors (Lipinski definition) is 4. The maximum Gasteiger partial charge on any atom is 0.124 e. The lowest BCUT2D eigenvalue weighted by atomic mass is 10.00. The Labute approximate surface area is 157 Å². The molecular formula is C20H23BrN2O2. The van der Waals surface area contributed by atoms with Crippen LogP contribution >= 0.6 is 15.9 Å². The monoisotopic (exact) mass is 402 g/mol. The number of morpholine rings is 1. The summed E-state index contributed by atoms with van der Waals surface area (Å²) in [4.78, 5) is 2.42. The van der Waals surface area contributed by atoms with Crippen molar-refractivity contribution in [1.29, 1.82) is 0 Å². The quantitative estimate of drug-likeness (QED) is 0.840. The van der Waals surface area contributed by atoms with Crippen LogP contribution in [0.2, 0.25) is 0 Å². The van der Waals surface area contributed by atoms with E-state index in [0.717, 1.165) is 56.1 Å². The van der Waals surface area contributed by atoms with Crippen LogP contribution in [-0.4, -0.2) is 32.9 Å². The Balaban J connectivity index is 1.52. The Kier molecular flexibility index (Phi) is 5.25. The van der Waals surface area contributed by atoms with Crippen LogP contribution in [0.25, 0.3) is 0 Å². The average molecular weight is 403 g/mol. The van der Waals surface area contributed by atoms with Crippen molar-refractivity contribution in [1.82, 2.24) is 5.32 Å². The van der Waals surface area contributed by atoms with Gasteiger partial charge in [0.25, 0.3) is 0 Å². The van der Waals surface area contributed by atoms with Gasteiger partial charge < -0.3 is 19.7 Å².